The fourth-order valence-corrected chi connectivity index (χ4v) is 5.09. The van der Waals surface area contributed by atoms with Crippen molar-refractivity contribution in [3.8, 4) is 0 Å². The van der Waals surface area contributed by atoms with Crippen molar-refractivity contribution >= 4 is 26.9 Å². The van der Waals surface area contributed by atoms with Crippen LogP contribution in [0.1, 0.15) is 20.3 Å². The van der Waals surface area contributed by atoms with Crippen LogP contribution < -0.4 is 0 Å². The van der Waals surface area contributed by atoms with Gasteiger partial charge in [-0.15, -0.1) is 0 Å². The van der Waals surface area contributed by atoms with Crippen LogP contribution in [0.15, 0.2) is 51.0 Å². The number of amides is 1. The van der Waals surface area contributed by atoms with Crippen molar-refractivity contribution in [2.75, 3.05) is 26.2 Å². The zero-order valence-electron chi connectivity index (χ0n) is 15.3. The van der Waals surface area contributed by atoms with E-state index >= 15 is 0 Å². The van der Waals surface area contributed by atoms with Crippen molar-refractivity contribution in [1.29, 1.82) is 0 Å². The average Bonchev–Trinajstić information content (AvgIpc) is 3.26. The molecular formula is C19H22N2O5S. The van der Waals surface area contributed by atoms with Crippen molar-refractivity contribution in [1.82, 2.24) is 9.21 Å². The summed E-state index contributed by atoms with van der Waals surface area (Å²) in [6.07, 6.45) is 1.59. The molecule has 1 amide bonds. The van der Waals surface area contributed by atoms with Crippen molar-refractivity contribution in [2.45, 2.75) is 30.8 Å². The molecule has 2 aliphatic heterocycles. The van der Waals surface area contributed by atoms with Gasteiger partial charge in [0.15, 0.2) is 0 Å². The number of furan rings is 1. The highest BCUT2D eigenvalue weighted by molar-refractivity contribution is 7.89. The Balaban J connectivity index is 1.46. The smallest absolute Gasteiger partial charge is 0.243 e. The van der Waals surface area contributed by atoms with E-state index in [1.54, 1.807) is 43.0 Å². The van der Waals surface area contributed by atoms with Crippen LogP contribution >= 0.6 is 0 Å². The van der Waals surface area contributed by atoms with Crippen molar-refractivity contribution in [3.63, 3.8) is 0 Å². The molecule has 0 bridgehead atoms. The Labute approximate surface area is 157 Å². The molecule has 0 radical (unpaired) electrons. The van der Waals surface area contributed by atoms with Crippen LogP contribution in [0.5, 0.6) is 0 Å². The first-order chi connectivity index (χ1) is 12.6. The summed E-state index contributed by atoms with van der Waals surface area (Å²) >= 11 is 0. The Morgan fingerprint density at radius 2 is 1.81 bits per heavy atom. The fraction of sp³-hybridized carbons (Fsp3) is 0.421. The molecule has 144 valence electrons. The van der Waals surface area contributed by atoms with Crippen molar-refractivity contribution < 1.29 is 22.7 Å². The van der Waals surface area contributed by atoms with Crippen molar-refractivity contribution in [2.24, 2.45) is 0 Å². The molecule has 27 heavy (non-hydrogen) atoms. The molecule has 2 aliphatic rings. The molecule has 1 aromatic heterocycles. The van der Waals surface area contributed by atoms with E-state index in [2.05, 4.69) is 0 Å². The molecule has 1 N–H and O–H groups in total. The minimum atomic E-state index is -3.61. The quantitative estimate of drug-likeness (QED) is 0.803. The maximum absolute atomic E-state index is 13.0. The number of sulfonamides is 1. The van der Waals surface area contributed by atoms with Crippen LogP contribution in [-0.4, -0.2) is 60.4 Å². The molecule has 3 heterocycles. The number of hydrogen-bond donors (Lipinski definition) is 1. The van der Waals surface area contributed by atoms with Crippen LogP contribution in [0.3, 0.4) is 0 Å². The minimum Gasteiger partial charge on any atom is -0.464 e. The summed E-state index contributed by atoms with van der Waals surface area (Å²) < 4.78 is 32.7. The van der Waals surface area contributed by atoms with Gasteiger partial charge in [0, 0.05) is 31.6 Å². The number of fused-ring (bicyclic) bond motifs is 1. The number of carbonyl (C=O) groups excluding carboxylic acids is 1. The lowest BCUT2D eigenvalue weighted by atomic mass is 10.1. The maximum atomic E-state index is 13.0. The summed E-state index contributed by atoms with van der Waals surface area (Å²) in [4.78, 5) is 14.2. The summed E-state index contributed by atoms with van der Waals surface area (Å²) in [5, 5.41) is 10.6. The molecule has 4 rings (SSSR count). The molecule has 0 unspecified atom stereocenters. The highest BCUT2D eigenvalue weighted by Gasteiger charge is 2.38. The van der Waals surface area contributed by atoms with E-state index < -0.39 is 15.6 Å². The van der Waals surface area contributed by atoms with Gasteiger partial charge in [-0.05, 0) is 49.3 Å². The molecule has 1 aromatic carbocycles. The van der Waals surface area contributed by atoms with Gasteiger partial charge in [0.05, 0.1) is 23.2 Å². The average molecular weight is 390 g/mol. The number of nitrogens with zero attached hydrogens (tertiary/aromatic N) is 2. The lowest BCUT2D eigenvalue weighted by Gasteiger charge is -2.25. The first kappa shape index (κ1) is 18.2. The molecular weight excluding hydrogens is 368 g/mol. The van der Waals surface area contributed by atoms with Crippen LogP contribution in [-0.2, 0) is 14.8 Å². The number of hydrogen-bond acceptors (Lipinski definition) is 5. The second-order valence-electron chi connectivity index (χ2n) is 7.84. The van der Waals surface area contributed by atoms with Crippen molar-refractivity contribution in [3.05, 3.63) is 41.7 Å². The molecule has 8 heteroatoms. The van der Waals surface area contributed by atoms with Gasteiger partial charge in [0.2, 0.25) is 15.9 Å². The first-order valence-corrected chi connectivity index (χ1v) is 10.2. The fourth-order valence-electron chi connectivity index (χ4n) is 3.63. The summed E-state index contributed by atoms with van der Waals surface area (Å²) in [6.45, 7) is 4.66. The summed E-state index contributed by atoms with van der Waals surface area (Å²) in [5.41, 5.74) is 1.56. The summed E-state index contributed by atoms with van der Waals surface area (Å²) in [5.74, 6) is -0.114. The van der Waals surface area contributed by atoms with E-state index in [0.29, 0.717) is 31.8 Å². The van der Waals surface area contributed by atoms with E-state index in [0.717, 1.165) is 16.5 Å². The van der Waals surface area contributed by atoms with E-state index in [1.165, 1.54) is 10.6 Å². The van der Waals surface area contributed by atoms with Crippen LogP contribution in [0.2, 0.25) is 0 Å². The summed E-state index contributed by atoms with van der Waals surface area (Å²) in [6, 6.07) is 6.58. The minimum absolute atomic E-state index is 0.0558. The normalized spacial score (nSPS) is 18.6. The maximum Gasteiger partial charge on any atom is 0.243 e. The van der Waals surface area contributed by atoms with Gasteiger partial charge in [0.1, 0.15) is 5.58 Å². The number of carbonyl (C=O) groups is 1. The highest BCUT2D eigenvalue weighted by Crippen LogP contribution is 2.31. The Kier molecular flexibility index (Phi) is 4.17. The molecule has 0 spiro atoms. The summed E-state index contributed by atoms with van der Waals surface area (Å²) in [7, 11) is -3.61. The standard InChI is InChI=1S/C19H22N2O5S/c1-19(2,23)8-18(22)20-9-14-11-21(12-15(14)10-20)27(24,25)16-3-4-17-13(7-16)5-6-26-17/h3-7,23H,8-12H2,1-2H3. The molecule has 7 nitrogen and oxygen atoms in total. The monoisotopic (exact) mass is 390 g/mol. The number of benzene rings is 1. The molecule has 0 saturated carbocycles. The third-order valence-electron chi connectivity index (χ3n) is 5.00. The second kappa shape index (κ2) is 6.19. The Morgan fingerprint density at radius 3 is 2.44 bits per heavy atom. The van der Waals surface area contributed by atoms with Gasteiger partial charge < -0.3 is 14.4 Å². The Morgan fingerprint density at radius 1 is 1.15 bits per heavy atom. The predicted molar refractivity (Wildman–Crippen MR) is 99.5 cm³/mol. The molecule has 0 fully saturated rings. The van der Waals surface area contributed by atoms with Gasteiger partial charge in [-0.3, -0.25) is 4.79 Å². The van der Waals surface area contributed by atoms with E-state index in [9.17, 15) is 18.3 Å². The van der Waals surface area contributed by atoms with Gasteiger partial charge in [-0.2, -0.15) is 4.31 Å². The van der Waals surface area contributed by atoms with Crippen LogP contribution in [0.4, 0.5) is 0 Å². The lowest BCUT2D eigenvalue weighted by molar-refractivity contribution is -0.134. The van der Waals surface area contributed by atoms with E-state index in [1.807, 2.05) is 0 Å². The molecule has 0 aliphatic carbocycles. The number of rotatable bonds is 4. The Bertz CT molecular complexity index is 1030. The van der Waals surface area contributed by atoms with Gasteiger partial charge in [-0.1, -0.05) is 0 Å². The molecule has 0 atom stereocenters. The van der Waals surface area contributed by atoms with Crippen LogP contribution in [0, 0.1) is 0 Å². The highest BCUT2D eigenvalue weighted by atomic mass is 32.2. The van der Waals surface area contributed by atoms with Gasteiger partial charge in [-0.25, -0.2) is 8.42 Å². The third-order valence-corrected chi connectivity index (χ3v) is 6.78. The lowest BCUT2D eigenvalue weighted by Crippen LogP contribution is -2.38. The Hall–Kier alpha value is -2.16. The number of aliphatic hydroxyl groups is 1. The molecule has 0 saturated heterocycles. The third kappa shape index (κ3) is 3.40. The van der Waals surface area contributed by atoms with E-state index in [4.69, 9.17) is 4.42 Å². The zero-order chi connectivity index (χ0) is 19.4. The second-order valence-corrected chi connectivity index (χ2v) is 9.78. The molecule has 2 aromatic rings. The van der Waals surface area contributed by atoms with Gasteiger partial charge >= 0.3 is 0 Å². The van der Waals surface area contributed by atoms with Gasteiger partial charge in [0.25, 0.3) is 0 Å². The van der Waals surface area contributed by atoms with E-state index in [-0.39, 0.29) is 17.2 Å². The topological polar surface area (TPSA) is 91.1 Å². The van der Waals surface area contributed by atoms with Crippen LogP contribution in [0.25, 0.3) is 11.0 Å². The zero-order valence-corrected chi connectivity index (χ0v) is 16.1. The first-order valence-electron chi connectivity index (χ1n) is 8.81. The SMILES string of the molecule is CC(C)(O)CC(=O)N1CC2=C(C1)CN(S(=O)(=O)c1ccc3occc3c1)C2. The largest absolute Gasteiger partial charge is 0.464 e. The predicted octanol–water partition coefficient (Wildman–Crippen LogP) is 1.74.